The number of sulfonamides is 1. The van der Waals surface area contributed by atoms with Crippen molar-refractivity contribution in [2.75, 3.05) is 7.11 Å². The Hall–Kier alpha value is -2.87. The van der Waals surface area contributed by atoms with Crippen LogP contribution in [0.5, 0.6) is 5.75 Å². The maximum atomic E-state index is 13.0. The number of hydrogen-bond acceptors (Lipinski definition) is 4. The van der Waals surface area contributed by atoms with E-state index in [4.69, 9.17) is 4.74 Å². The molecule has 0 spiro atoms. The topological polar surface area (TPSA) is 80.6 Å². The lowest BCUT2D eigenvalue weighted by Gasteiger charge is -2.36. The molecule has 0 aliphatic heterocycles. The van der Waals surface area contributed by atoms with Gasteiger partial charge in [-0.15, -0.1) is 0 Å². The Labute approximate surface area is 187 Å². The summed E-state index contributed by atoms with van der Waals surface area (Å²) in [5.74, 6) is 0.591. The largest absolute Gasteiger partial charge is 0.497 e. The Morgan fingerprint density at radius 2 is 1.50 bits per heavy atom. The van der Waals surface area contributed by atoms with Crippen molar-refractivity contribution in [2.45, 2.75) is 42.3 Å². The fourth-order valence-electron chi connectivity index (χ4n) is 4.90. The monoisotopic (exact) mass is 450 g/mol. The van der Waals surface area contributed by atoms with Crippen LogP contribution in [0.15, 0.2) is 77.7 Å². The number of aromatic nitrogens is 1. The molecule has 0 bridgehead atoms. The first kappa shape index (κ1) is 21.0. The molecule has 1 aromatic heterocycles. The van der Waals surface area contributed by atoms with Crippen molar-refractivity contribution in [3.63, 3.8) is 0 Å². The molecule has 32 heavy (non-hydrogen) atoms. The normalized spacial score (nSPS) is 21.8. The Morgan fingerprint density at radius 3 is 2.09 bits per heavy atom. The highest BCUT2D eigenvalue weighted by Crippen LogP contribution is 2.38. The minimum Gasteiger partial charge on any atom is -0.497 e. The van der Waals surface area contributed by atoms with Gasteiger partial charge < -0.3 is 14.4 Å². The molecule has 1 fully saturated rings. The van der Waals surface area contributed by atoms with E-state index in [0.29, 0.717) is 12.2 Å². The molecule has 1 unspecified atom stereocenters. The van der Waals surface area contributed by atoms with E-state index in [2.05, 4.69) is 33.6 Å². The molecule has 1 aliphatic rings. The van der Waals surface area contributed by atoms with Gasteiger partial charge in [-0.2, -0.15) is 0 Å². The summed E-state index contributed by atoms with van der Waals surface area (Å²) in [7, 11) is -2.23. The SMILES string of the molecule is COc1ccc(S(=O)(=O)N[C@@H]2CCCC(n3c4ccccc4c4ccccc43)[C@H]2O)cc1. The van der Waals surface area contributed by atoms with Gasteiger partial charge in [-0.1, -0.05) is 36.4 Å². The van der Waals surface area contributed by atoms with E-state index in [1.807, 2.05) is 24.3 Å². The molecule has 5 rings (SSSR count). The van der Waals surface area contributed by atoms with Crippen molar-refractivity contribution in [3.8, 4) is 5.75 Å². The van der Waals surface area contributed by atoms with Gasteiger partial charge in [-0.3, -0.25) is 0 Å². The van der Waals surface area contributed by atoms with Gasteiger partial charge in [0.15, 0.2) is 0 Å². The average Bonchev–Trinajstić information content (AvgIpc) is 3.15. The first-order valence-corrected chi connectivity index (χ1v) is 12.3. The number of hydrogen-bond donors (Lipinski definition) is 2. The summed E-state index contributed by atoms with van der Waals surface area (Å²) in [6, 6.07) is 21.8. The van der Waals surface area contributed by atoms with Crippen molar-refractivity contribution < 1.29 is 18.3 Å². The number of para-hydroxylation sites is 2. The number of benzene rings is 3. The maximum absolute atomic E-state index is 13.0. The lowest BCUT2D eigenvalue weighted by atomic mass is 9.88. The lowest BCUT2D eigenvalue weighted by molar-refractivity contribution is 0.0547. The van der Waals surface area contributed by atoms with E-state index in [0.717, 1.165) is 34.6 Å². The summed E-state index contributed by atoms with van der Waals surface area (Å²) in [5, 5.41) is 13.6. The predicted octanol–water partition coefficient (Wildman–Crippen LogP) is 4.24. The van der Waals surface area contributed by atoms with Gasteiger partial charge in [-0.25, -0.2) is 13.1 Å². The number of nitrogens with zero attached hydrogens (tertiary/aromatic N) is 1. The van der Waals surface area contributed by atoms with E-state index in [-0.39, 0.29) is 10.9 Å². The van der Waals surface area contributed by atoms with E-state index in [1.165, 1.54) is 19.2 Å². The van der Waals surface area contributed by atoms with E-state index >= 15 is 0 Å². The number of fused-ring (bicyclic) bond motifs is 3. The Morgan fingerprint density at radius 1 is 0.906 bits per heavy atom. The quantitative estimate of drug-likeness (QED) is 0.477. The number of aliphatic hydroxyl groups excluding tert-OH is 1. The van der Waals surface area contributed by atoms with Crippen LogP contribution in [0, 0.1) is 0 Å². The van der Waals surface area contributed by atoms with Crippen LogP contribution in [-0.2, 0) is 10.0 Å². The van der Waals surface area contributed by atoms with Crippen LogP contribution in [0.4, 0.5) is 0 Å². The summed E-state index contributed by atoms with van der Waals surface area (Å²) in [6.07, 6.45) is 1.34. The van der Waals surface area contributed by atoms with Crippen LogP contribution in [0.1, 0.15) is 25.3 Å². The molecular weight excluding hydrogens is 424 g/mol. The lowest BCUT2D eigenvalue weighted by Crippen LogP contribution is -2.49. The second-order valence-electron chi connectivity index (χ2n) is 8.30. The zero-order valence-electron chi connectivity index (χ0n) is 17.8. The van der Waals surface area contributed by atoms with E-state index in [1.54, 1.807) is 12.1 Å². The molecule has 1 saturated carbocycles. The zero-order chi connectivity index (χ0) is 22.3. The van der Waals surface area contributed by atoms with Crippen LogP contribution in [-0.4, -0.2) is 37.3 Å². The number of rotatable bonds is 5. The van der Waals surface area contributed by atoms with Crippen molar-refractivity contribution in [2.24, 2.45) is 0 Å². The summed E-state index contributed by atoms with van der Waals surface area (Å²) >= 11 is 0. The highest BCUT2D eigenvalue weighted by molar-refractivity contribution is 7.89. The maximum Gasteiger partial charge on any atom is 0.240 e. The van der Waals surface area contributed by atoms with Gasteiger partial charge in [0.25, 0.3) is 0 Å². The smallest absolute Gasteiger partial charge is 0.240 e. The van der Waals surface area contributed by atoms with E-state index in [9.17, 15) is 13.5 Å². The van der Waals surface area contributed by atoms with Gasteiger partial charge in [0.2, 0.25) is 10.0 Å². The average molecular weight is 451 g/mol. The summed E-state index contributed by atoms with van der Waals surface area (Å²) in [6.45, 7) is 0. The fraction of sp³-hybridized carbons (Fsp3) is 0.280. The predicted molar refractivity (Wildman–Crippen MR) is 125 cm³/mol. The van der Waals surface area contributed by atoms with Gasteiger partial charge in [-0.05, 0) is 55.7 Å². The van der Waals surface area contributed by atoms with Crippen LogP contribution >= 0.6 is 0 Å². The fourth-order valence-corrected chi connectivity index (χ4v) is 6.19. The Kier molecular flexibility index (Phi) is 5.41. The second kappa shape index (κ2) is 8.24. The molecule has 166 valence electrons. The van der Waals surface area contributed by atoms with Crippen LogP contribution in [0.25, 0.3) is 21.8 Å². The van der Waals surface area contributed by atoms with Crippen molar-refractivity contribution >= 4 is 31.8 Å². The minimum atomic E-state index is -3.77. The Balaban J connectivity index is 1.49. The highest BCUT2D eigenvalue weighted by atomic mass is 32.2. The first-order valence-electron chi connectivity index (χ1n) is 10.8. The summed E-state index contributed by atoms with van der Waals surface area (Å²) < 4.78 is 36.0. The van der Waals surface area contributed by atoms with Gasteiger partial charge in [0.1, 0.15) is 5.75 Å². The molecule has 6 nitrogen and oxygen atoms in total. The number of nitrogens with one attached hydrogen (secondary N) is 1. The number of aliphatic hydroxyl groups is 1. The van der Waals surface area contributed by atoms with Crippen molar-refractivity contribution in [1.29, 1.82) is 0 Å². The third-order valence-electron chi connectivity index (χ3n) is 6.45. The van der Waals surface area contributed by atoms with Crippen LogP contribution in [0.2, 0.25) is 0 Å². The number of methoxy groups -OCH3 is 1. The first-order chi connectivity index (χ1) is 15.5. The molecular formula is C25H26N2O4S. The summed E-state index contributed by atoms with van der Waals surface area (Å²) in [4.78, 5) is 0.157. The molecule has 2 N–H and O–H groups in total. The second-order valence-corrected chi connectivity index (χ2v) is 10.0. The minimum absolute atomic E-state index is 0.157. The van der Waals surface area contributed by atoms with Crippen molar-refractivity contribution in [1.82, 2.24) is 9.29 Å². The van der Waals surface area contributed by atoms with Gasteiger partial charge in [0, 0.05) is 21.8 Å². The van der Waals surface area contributed by atoms with Gasteiger partial charge in [0.05, 0.1) is 30.2 Å². The molecule has 3 aromatic carbocycles. The molecule has 0 amide bonds. The molecule has 1 aliphatic carbocycles. The molecule has 1 heterocycles. The molecule has 0 saturated heterocycles. The molecule has 0 radical (unpaired) electrons. The van der Waals surface area contributed by atoms with E-state index < -0.39 is 22.2 Å². The van der Waals surface area contributed by atoms with Crippen LogP contribution < -0.4 is 9.46 Å². The van der Waals surface area contributed by atoms with Crippen molar-refractivity contribution in [3.05, 3.63) is 72.8 Å². The third kappa shape index (κ3) is 3.56. The molecule has 7 heteroatoms. The van der Waals surface area contributed by atoms with Crippen LogP contribution in [0.3, 0.4) is 0 Å². The summed E-state index contributed by atoms with van der Waals surface area (Å²) in [5.41, 5.74) is 2.10. The van der Waals surface area contributed by atoms with Gasteiger partial charge >= 0.3 is 0 Å². The molecule has 4 aromatic rings. The Bertz CT molecular complexity index is 1310. The number of ether oxygens (including phenoxy) is 1. The standard InChI is InChI=1S/C25H26N2O4S/c1-31-17-13-15-18(16-14-17)32(29,30)26-21-9-6-12-24(25(21)28)27-22-10-4-2-7-19(22)20-8-3-5-11-23(20)27/h2-5,7-8,10-11,13-16,21,24-26,28H,6,9,12H2,1H3/t21-,24?,25+/m1/s1. The third-order valence-corrected chi connectivity index (χ3v) is 7.95. The zero-order valence-corrected chi connectivity index (χ0v) is 18.6. The molecule has 3 atom stereocenters. The highest BCUT2D eigenvalue weighted by Gasteiger charge is 2.36.